The van der Waals surface area contributed by atoms with Gasteiger partial charge in [-0.25, -0.2) is 0 Å². The third-order valence-corrected chi connectivity index (χ3v) is 2.89. The lowest BCUT2D eigenvalue weighted by atomic mass is 10.0. The van der Waals surface area contributed by atoms with Gasteiger partial charge in [-0.05, 0) is 18.1 Å². The van der Waals surface area contributed by atoms with Gasteiger partial charge < -0.3 is 5.73 Å². The van der Waals surface area contributed by atoms with Gasteiger partial charge in [0.05, 0.1) is 17.4 Å². The monoisotopic (exact) mass is 240 g/mol. The molecule has 0 unspecified atom stereocenters. The Labute approximate surface area is 94.3 Å². The lowest BCUT2D eigenvalue weighted by molar-refractivity contribution is 0.476. The predicted molar refractivity (Wildman–Crippen MR) is 59.3 cm³/mol. The van der Waals surface area contributed by atoms with Crippen LogP contribution in [0.5, 0.6) is 0 Å². The van der Waals surface area contributed by atoms with E-state index in [2.05, 4.69) is 0 Å². The van der Waals surface area contributed by atoms with E-state index < -0.39 is 21.9 Å². The van der Waals surface area contributed by atoms with Crippen molar-refractivity contribution in [3.8, 4) is 6.07 Å². The highest BCUT2D eigenvalue weighted by Crippen LogP contribution is 2.09. The number of hydrogen-bond donors (Lipinski definition) is 2. The van der Waals surface area contributed by atoms with E-state index in [0.717, 1.165) is 0 Å². The number of hydrogen-bond acceptors (Lipinski definition) is 4. The Bertz CT molecular complexity index is 505. The summed E-state index contributed by atoms with van der Waals surface area (Å²) < 4.78 is 29.8. The minimum absolute atomic E-state index is 0.240. The van der Waals surface area contributed by atoms with Crippen LogP contribution in [-0.4, -0.2) is 24.8 Å². The summed E-state index contributed by atoms with van der Waals surface area (Å²) >= 11 is 0. The molecule has 0 saturated heterocycles. The van der Waals surface area contributed by atoms with Gasteiger partial charge in [-0.3, -0.25) is 4.55 Å². The van der Waals surface area contributed by atoms with Crippen molar-refractivity contribution in [3.63, 3.8) is 0 Å². The van der Waals surface area contributed by atoms with Crippen molar-refractivity contribution in [1.29, 1.82) is 5.26 Å². The van der Waals surface area contributed by atoms with Crippen molar-refractivity contribution >= 4 is 10.1 Å². The Balaban J connectivity index is 2.78. The SMILES string of the molecule is N#Cc1ccccc1C[C@@H](N)CS(=O)(=O)O. The van der Waals surface area contributed by atoms with Crippen molar-refractivity contribution in [3.05, 3.63) is 35.4 Å². The van der Waals surface area contributed by atoms with Crippen LogP contribution in [0.3, 0.4) is 0 Å². The van der Waals surface area contributed by atoms with E-state index in [4.69, 9.17) is 15.5 Å². The first-order valence-corrected chi connectivity index (χ1v) is 6.22. The van der Waals surface area contributed by atoms with Crippen molar-refractivity contribution in [1.82, 2.24) is 0 Å². The number of nitrogens with zero attached hydrogens (tertiary/aromatic N) is 1. The smallest absolute Gasteiger partial charge is 0.266 e. The fourth-order valence-corrected chi connectivity index (χ4v) is 2.08. The maximum atomic E-state index is 10.6. The first-order chi connectivity index (χ1) is 7.42. The van der Waals surface area contributed by atoms with Gasteiger partial charge in [0, 0.05) is 6.04 Å². The summed E-state index contributed by atoms with van der Waals surface area (Å²) in [5.41, 5.74) is 6.71. The third kappa shape index (κ3) is 3.98. The Hall–Kier alpha value is -1.42. The average molecular weight is 240 g/mol. The highest BCUT2D eigenvalue weighted by molar-refractivity contribution is 7.85. The van der Waals surface area contributed by atoms with Crippen LogP contribution >= 0.6 is 0 Å². The number of benzene rings is 1. The van der Waals surface area contributed by atoms with Crippen LogP contribution in [0.25, 0.3) is 0 Å². The molecule has 0 fully saturated rings. The normalized spacial score (nSPS) is 13.1. The summed E-state index contributed by atoms with van der Waals surface area (Å²) in [4.78, 5) is 0. The van der Waals surface area contributed by atoms with Gasteiger partial charge in [0.15, 0.2) is 0 Å². The molecule has 0 aromatic heterocycles. The Morgan fingerprint density at radius 2 is 2.06 bits per heavy atom. The summed E-state index contributed by atoms with van der Waals surface area (Å²) in [5.74, 6) is -0.507. The molecule has 0 amide bonds. The quantitative estimate of drug-likeness (QED) is 0.737. The summed E-state index contributed by atoms with van der Waals surface area (Å²) in [7, 11) is -4.07. The van der Waals surface area contributed by atoms with Gasteiger partial charge >= 0.3 is 0 Å². The van der Waals surface area contributed by atoms with Crippen molar-refractivity contribution in [2.45, 2.75) is 12.5 Å². The summed E-state index contributed by atoms with van der Waals surface area (Å²) in [6.07, 6.45) is 0.240. The zero-order valence-corrected chi connectivity index (χ0v) is 9.31. The van der Waals surface area contributed by atoms with Gasteiger partial charge in [0.2, 0.25) is 0 Å². The van der Waals surface area contributed by atoms with Crippen LogP contribution in [0.2, 0.25) is 0 Å². The second-order valence-corrected chi connectivity index (χ2v) is 4.98. The molecule has 6 heteroatoms. The Morgan fingerprint density at radius 3 is 2.62 bits per heavy atom. The van der Waals surface area contributed by atoms with Gasteiger partial charge in [-0.15, -0.1) is 0 Å². The lowest BCUT2D eigenvalue weighted by Crippen LogP contribution is -2.31. The molecule has 0 heterocycles. The van der Waals surface area contributed by atoms with E-state index in [-0.39, 0.29) is 6.42 Å². The predicted octanol–water partition coefficient (Wildman–Crippen LogP) is 0.316. The highest BCUT2D eigenvalue weighted by atomic mass is 32.2. The molecule has 0 aliphatic heterocycles. The largest absolute Gasteiger partial charge is 0.326 e. The first-order valence-electron chi connectivity index (χ1n) is 4.61. The van der Waals surface area contributed by atoms with Crippen LogP contribution in [0.4, 0.5) is 0 Å². The summed E-state index contributed by atoms with van der Waals surface area (Å²) in [6, 6.07) is 8.09. The zero-order chi connectivity index (χ0) is 12.2. The molecule has 5 nitrogen and oxygen atoms in total. The molecule has 1 atom stereocenters. The van der Waals surface area contributed by atoms with E-state index in [1.54, 1.807) is 24.3 Å². The summed E-state index contributed by atoms with van der Waals surface area (Å²) in [5, 5.41) is 8.81. The molecule has 1 rings (SSSR count). The second kappa shape index (κ2) is 5.07. The van der Waals surface area contributed by atoms with Crippen molar-refractivity contribution in [2.24, 2.45) is 5.73 Å². The fraction of sp³-hybridized carbons (Fsp3) is 0.300. The first kappa shape index (κ1) is 12.6. The maximum absolute atomic E-state index is 10.6. The molecule has 3 N–H and O–H groups in total. The second-order valence-electron chi connectivity index (χ2n) is 3.48. The van der Waals surface area contributed by atoms with Crippen LogP contribution < -0.4 is 5.73 Å². The molecule has 1 aromatic rings. The third-order valence-electron chi connectivity index (χ3n) is 2.04. The molecular formula is C10H12N2O3S. The molecule has 0 radical (unpaired) electrons. The number of rotatable bonds is 4. The van der Waals surface area contributed by atoms with Crippen LogP contribution in [-0.2, 0) is 16.5 Å². The highest BCUT2D eigenvalue weighted by Gasteiger charge is 2.14. The lowest BCUT2D eigenvalue weighted by Gasteiger charge is -2.10. The standard InChI is InChI=1S/C10H12N2O3S/c11-6-9-4-2-1-3-8(9)5-10(12)7-16(13,14)15/h1-4,10H,5,7,12H2,(H,13,14,15)/t10-/m1/s1. The number of nitrogens with two attached hydrogens (primary N) is 1. The molecule has 86 valence electrons. The van der Waals surface area contributed by atoms with E-state index in [1.807, 2.05) is 6.07 Å². The van der Waals surface area contributed by atoms with Crippen LogP contribution in [0.1, 0.15) is 11.1 Å². The van der Waals surface area contributed by atoms with Crippen molar-refractivity contribution < 1.29 is 13.0 Å². The van der Waals surface area contributed by atoms with E-state index >= 15 is 0 Å². The Kier molecular flexibility index (Phi) is 4.01. The van der Waals surface area contributed by atoms with Crippen LogP contribution in [0, 0.1) is 11.3 Å². The van der Waals surface area contributed by atoms with E-state index in [9.17, 15) is 8.42 Å². The average Bonchev–Trinajstić information content (AvgIpc) is 2.15. The molecule has 0 aliphatic rings. The van der Waals surface area contributed by atoms with E-state index in [1.165, 1.54) is 0 Å². The van der Waals surface area contributed by atoms with E-state index in [0.29, 0.717) is 11.1 Å². The molecule has 0 aliphatic carbocycles. The van der Waals surface area contributed by atoms with Crippen LogP contribution in [0.15, 0.2) is 24.3 Å². The minimum atomic E-state index is -4.07. The van der Waals surface area contributed by atoms with Crippen molar-refractivity contribution in [2.75, 3.05) is 5.75 Å². The maximum Gasteiger partial charge on any atom is 0.266 e. The number of nitriles is 1. The molecule has 0 saturated carbocycles. The van der Waals surface area contributed by atoms with Gasteiger partial charge in [0.25, 0.3) is 10.1 Å². The molecule has 0 spiro atoms. The van der Waals surface area contributed by atoms with Gasteiger partial charge in [0.1, 0.15) is 0 Å². The summed E-state index contributed by atoms with van der Waals surface area (Å²) in [6.45, 7) is 0. The molecular weight excluding hydrogens is 228 g/mol. The molecule has 1 aromatic carbocycles. The molecule has 0 bridgehead atoms. The van der Waals surface area contributed by atoms with Gasteiger partial charge in [-0.2, -0.15) is 13.7 Å². The topological polar surface area (TPSA) is 104 Å². The molecule has 16 heavy (non-hydrogen) atoms. The fourth-order valence-electron chi connectivity index (χ4n) is 1.42. The van der Waals surface area contributed by atoms with Gasteiger partial charge in [-0.1, -0.05) is 18.2 Å². The Morgan fingerprint density at radius 1 is 1.44 bits per heavy atom. The minimum Gasteiger partial charge on any atom is -0.326 e. The zero-order valence-electron chi connectivity index (χ0n) is 8.50.